The summed E-state index contributed by atoms with van der Waals surface area (Å²) in [5.74, 6) is 0.265. The SMILES string of the molecule is CCNC(C)C(=O)N1CCCCC1. The summed E-state index contributed by atoms with van der Waals surface area (Å²) in [6.07, 6.45) is 3.62. The van der Waals surface area contributed by atoms with Crippen molar-refractivity contribution in [1.82, 2.24) is 10.2 Å². The van der Waals surface area contributed by atoms with Gasteiger partial charge in [-0.25, -0.2) is 0 Å². The van der Waals surface area contributed by atoms with Gasteiger partial charge in [0.1, 0.15) is 0 Å². The molecule has 1 saturated heterocycles. The molecule has 0 bridgehead atoms. The van der Waals surface area contributed by atoms with Crippen LogP contribution in [0.2, 0.25) is 0 Å². The largest absolute Gasteiger partial charge is 0.341 e. The van der Waals surface area contributed by atoms with Gasteiger partial charge in [-0.15, -0.1) is 0 Å². The summed E-state index contributed by atoms with van der Waals surface area (Å²) in [7, 11) is 0. The van der Waals surface area contributed by atoms with Gasteiger partial charge in [0, 0.05) is 13.1 Å². The number of hydrogen-bond donors (Lipinski definition) is 1. The lowest BCUT2D eigenvalue weighted by atomic mass is 10.1. The minimum atomic E-state index is -0.0110. The maximum atomic E-state index is 11.8. The van der Waals surface area contributed by atoms with Crippen molar-refractivity contribution in [2.24, 2.45) is 0 Å². The first kappa shape index (κ1) is 10.5. The van der Waals surface area contributed by atoms with Gasteiger partial charge in [-0.2, -0.15) is 0 Å². The van der Waals surface area contributed by atoms with E-state index < -0.39 is 0 Å². The van der Waals surface area contributed by atoms with Gasteiger partial charge >= 0.3 is 0 Å². The highest BCUT2D eigenvalue weighted by atomic mass is 16.2. The Kier molecular flexibility index (Phi) is 4.22. The molecule has 1 aliphatic rings. The van der Waals surface area contributed by atoms with Crippen LogP contribution in [0.4, 0.5) is 0 Å². The normalized spacial score (nSPS) is 20.0. The molecule has 3 heteroatoms. The van der Waals surface area contributed by atoms with Crippen LogP contribution in [0.5, 0.6) is 0 Å². The predicted molar refractivity (Wildman–Crippen MR) is 53.6 cm³/mol. The van der Waals surface area contributed by atoms with Crippen LogP contribution in [0.1, 0.15) is 33.1 Å². The van der Waals surface area contributed by atoms with Gasteiger partial charge < -0.3 is 10.2 Å². The fourth-order valence-corrected chi connectivity index (χ4v) is 1.78. The Morgan fingerprint density at radius 1 is 1.38 bits per heavy atom. The molecule has 3 nitrogen and oxygen atoms in total. The highest BCUT2D eigenvalue weighted by Gasteiger charge is 2.20. The van der Waals surface area contributed by atoms with E-state index in [0.717, 1.165) is 19.6 Å². The van der Waals surface area contributed by atoms with Crippen LogP contribution in [0, 0.1) is 0 Å². The van der Waals surface area contributed by atoms with E-state index in [9.17, 15) is 4.79 Å². The van der Waals surface area contributed by atoms with Crippen LogP contribution < -0.4 is 5.32 Å². The molecule has 0 aromatic rings. The number of carbonyl (C=O) groups is 1. The first-order chi connectivity index (χ1) is 6.25. The average Bonchev–Trinajstić information content (AvgIpc) is 2.18. The molecular weight excluding hydrogens is 164 g/mol. The molecule has 0 aliphatic carbocycles. The van der Waals surface area contributed by atoms with Gasteiger partial charge in [0.05, 0.1) is 6.04 Å². The average molecular weight is 184 g/mol. The van der Waals surface area contributed by atoms with Crippen LogP contribution >= 0.6 is 0 Å². The summed E-state index contributed by atoms with van der Waals surface area (Å²) in [4.78, 5) is 13.7. The number of likely N-dealkylation sites (tertiary alicyclic amines) is 1. The Balaban J connectivity index is 2.36. The maximum absolute atomic E-state index is 11.8. The van der Waals surface area contributed by atoms with E-state index in [4.69, 9.17) is 0 Å². The zero-order chi connectivity index (χ0) is 9.68. The van der Waals surface area contributed by atoms with Crippen LogP contribution in [0.3, 0.4) is 0 Å². The second-order valence-corrected chi connectivity index (χ2v) is 3.67. The molecule has 1 N–H and O–H groups in total. The summed E-state index contributed by atoms with van der Waals surface area (Å²) in [5.41, 5.74) is 0. The number of piperidine rings is 1. The number of nitrogens with zero attached hydrogens (tertiary/aromatic N) is 1. The Bertz CT molecular complexity index is 164. The van der Waals surface area contributed by atoms with Crippen molar-refractivity contribution in [3.05, 3.63) is 0 Å². The number of amides is 1. The minimum Gasteiger partial charge on any atom is -0.341 e. The van der Waals surface area contributed by atoms with Crippen molar-refractivity contribution in [1.29, 1.82) is 0 Å². The van der Waals surface area contributed by atoms with E-state index in [2.05, 4.69) is 5.32 Å². The predicted octanol–water partition coefficient (Wildman–Crippen LogP) is 0.997. The molecular formula is C10H20N2O. The van der Waals surface area contributed by atoms with Crippen molar-refractivity contribution in [2.75, 3.05) is 19.6 Å². The second kappa shape index (κ2) is 5.22. The van der Waals surface area contributed by atoms with Crippen molar-refractivity contribution >= 4 is 5.91 Å². The molecule has 0 aromatic heterocycles. The van der Waals surface area contributed by atoms with Crippen molar-refractivity contribution in [3.63, 3.8) is 0 Å². The van der Waals surface area contributed by atoms with Crippen molar-refractivity contribution in [2.45, 2.75) is 39.2 Å². The third-order valence-corrected chi connectivity index (χ3v) is 2.55. The highest BCUT2D eigenvalue weighted by molar-refractivity contribution is 5.81. The summed E-state index contributed by atoms with van der Waals surface area (Å²) in [6, 6.07) is -0.0110. The quantitative estimate of drug-likeness (QED) is 0.709. The maximum Gasteiger partial charge on any atom is 0.239 e. The topological polar surface area (TPSA) is 32.3 Å². The summed E-state index contributed by atoms with van der Waals surface area (Å²) in [6.45, 7) is 6.74. The van der Waals surface area contributed by atoms with Crippen LogP contribution in [0.15, 0.2) is 0 Å². The molecule has 1 atom stereocenters. The smallest absolute Gasteiger partial charge is 0.239 e. The van der Waals surface area contributed by atoms with Crippen LogP contribution in [-0.4, -0.2) is 36.5 Å². The summed E-state index contributed by atoms with van der Waals surface area (Å²) in [5, 5.41) is 3.15. The zero-order valence-electron chi connectivity index (χ0n) is 8.68. The molecule has 0 radical (unpaired) electrons. The Morgan fingerprint density at radius 3 is 2.54 bits per heavy atom. The molecule has 0 aromatic carbocycles. The summed E-state index contributed by atoms with van der Waals surface area (Å²) < 4.78 is 0. The standard InChI is InChI=1S/C10H20N2O/c1-3-11-9(2)10(13)12-7-5-4-6-8-12/h9,11H,3-8H2,1-2H3. The van der Waals surface area contributed by atoms with E-state index >= 15 is 0 Å². The van der Waals surface area contributed by atoms with E-state index in [0.29, 0.717) is 0 Å². The Labute approximate surface area is 80.5 Å². The van der Waals surface area contributed by atoms with Crippen LogP contribution in [0.25, 0.3) is 0 Å². The minimum absolute atomic E-state index is 0.0110. The molecule has 76 valence electrons. The number of likely N-dealkylation sites (N-methyl/N-ethyl adjacent to an activating group) is 1. The first-order valence-corrected chi connectivity index (χ1v) is 5.28. The molecule has 1 rings (SSSR count). The first-order valence-electron chi connectivity index (χ1n) is 5.28. The fourth-order valence-electron chi connectivity index (χ4n) is 1.78. The van der Waals surface area contributed by atoms with Gasteiger partial charge in [-0.3, -0.25) is 4.79 Å². The lowest BCUT2D eigenvalue weighted by Crippen LogP contribution is -2.46. The molecule has 1 aliphatic heterocycles. The van der Waals surface area contributed by atoms with Crippen LogP contribution in [-0.2, 0) is 4.79 Å². The molecule has 1 unspecified atom stereocenters. The van der Waals surface area contributed by atoms with Crippen molar-refractivity contribution < 1.29 is 4.79 Å². The zero-order valence-corrected chi connectivity index (χ0v) is 8.68. The third kappa shape index (κ3) is 2.99. The molecule has 1 amide bonds. The molecule has 1 fully saturated rings. The van der Waals surface area contributed by atoms with Gasteiger partial charge in [-0.1, -0.05) is 6.92 Å². The van der Waals surface area contributed by atoms with E-state index in [1.807, 2.05) is 18.7 Å². The monoisotopic (exact) mass is 184 g/mol. The summed E-state index contributed by atoms with van der Waals surface area (Å²) >= 11 is 0. The number of carbonyl (C=O) groups excluding carboxylic acids is 1. The number of rotatable bonds is 3. The Morgan fingerprint density at radius 2 is 2.00 bits per heavy atom. The van der Waals surface area contributed by atoms with E-state index in [1.54, 1.807) is 0 Å². The van der Waals surface area contributed by atoms with Gasteiger partial charge in [0.25, 0.3) is 0 Å². The Hall–Kier alpha value is -0.570. The van der Waals surface area contributed by atoms with E-state index in [1.165, 1.54) is 19.3 Å². The lowest BCUT2D eigenvalue weighted by Gasteiger charge is -2.29. The number of nitrogens with one attached hydrogen (secondary N) is 1. The van der Waals surface area contributed by atoms with Gasteiger partial charge in [0.15, 0.2) is 0 Å². The van der Waals surface area contributed by atoms with E-state index in [-0.39, 0.29) is 11.9 Å². The molecule has 1 heterocycles. The highest BCUT2D eigenvalue weighted by Crippen LogP contribution is 2.09. The second-order valence-electron chi connectivity index (χ2n) is 3.67. The van der Waals surface area contributed by atoms with Gasteiger partial charge in [0.2, 0.25) is 5.91 Å². The van der Waals surface area contributed by atoms with Gasteiger partial charge in [-0.05, 0) is 32.7 Å². The molecule has 0 spiro atoms. The lowest BCUT2D eigenvalue weighted by molar-refractivity contribution is -0.133. The number of hydrogen-bond acceptors (Lipinski definition) is 2. The molecule has 13 heavy (non-hydrogen) atoms. The van der Waals surface area contributed by atoms with Crippen molar-refractivity contribution in [3.8, 4) is 0 Å². The third-order valence-electron chi connectivity index (χ3n) is 2.55. The fraction of sp³-hybridized carbons (Fsp3) is 0.900. The molecule has 0 saturated carbocycles.